The van der Waals surface area contributed by atoms with Crippen LogP contribution in [0, 0.1) is 0 Å². The summed E-state index contributed by atoms with van der Waals surface area (Å²) in [5.74, 6) is -1.28. The van der Waals surface area contributed by atoms with Crippen LogP contribution in [-0.4, -0.2) is 21.8 Å². The highest BCUT2D eigenvalue weighted by molar-refractivity contribution is 7.07. The second-order valence-corrected chi connectivity index (χ2v) is 6.45. The maximum Gasteiger partial charge on any atom is 0.335 e. The van der Waals surface area contributed by atoms with Crippen molar-refractivity contribution in [2.45, 2.75) is 0 Å². The quantitative estimate of drug-likeness (QED) is 0.678. The summed E-state index contributed by atoms with van der Waals surface area (Å²) >= 11 is 7.14. The Balaban J connectivity index is 2.01. The lowest BCUT2D eigenvalue weighted by Gasteiger charge is -1.99. The van der Waals surface area contributed by atoms with Crippen molar-refractivity contribution in [3.05, 3.63) is 78.1 Å². The zero-order chi connectivity index (χ0) is 18.0. The first-order chi connectivity index (χ1) is 11.9. The first-order valence-electron chi connectivity index (χ1n) is 6.97. The predicted octanol–water partition coefficient (Wildman–Crippen LogP) is 1.87. The van der Waals surface area contributed by atoms with E-state index in [9.17, 15) is 14.4 Å². The van der Waals surface area contributed by atoms with Crippen molar-refractivity contribution in [3.8, 4) is 0 Å². The van der Waals surface area contributed by atoms with E-state index in [2.05, 4.69) is 4.98 Å². The number of Topliss-reactive ketones (excluding diaryl/α,β-unsaturated/α-hetero) is 1. The van der Waals surface area contributed by atoms with Gasteiger partial charge in [0.25, 0.3) is 5.56 Å². The second kappa shape index (κ2) is 6.92. The number of aromatic nitrogens is 1. The van der Waals surface area contributed by atoms with Crippen molar-refractivity contribution in [1.82, 2.24) is 4.98 Å². The van der Waals surface area contributed by atoms with Crippen LogP contribution < -0.4 is 14.8 Å². The molecule has 0 saturated carbocycles. The number of H-pyrrole nitrogens is 1. The Morgan fingerprint density at radius 3 is 2.72 bits per heavy atom. The fourth-order valence-corrected chi connectivity index (χ4v) is 3.16. The number of ketones is 1. The minimum atomic E-state index is -1.09. The summed E-state index contributed by atoms with van der Waals surface area (Å²) in [5, 5.41) is 9.15. The van der Waals surface area contributed by atoms with E-state index >= 15 is 0 Å². The van der Waals surface area contributed by atoms with Crippen LogP contribution in [0.25, 0.3) is 12.2 Å². The fourth-order valence-electron chi connectivity index (χ4n) is 2.05. The SMILES string of the molecule is O=C(O)c1ccc(/C=c2\s/c(=C\C(=O)c3ccco3)[nH]c2=O)c(Cl)c1. The van der Waals surface area contributed by atoms with Crippen molar-refractivity contribution in [1.29, 1.82) is 0 Å². The molecule has 0 radical (unpaired) electrons. The van der Waals surface area contributed by atoms with Crippen molar-refractivity contribution >= 4 is 46.8 Å². The van der Waals surface area contributed by atoms with Crippen LogP contribution in [0.4, 0.5) is 0 Å². The van der Waals surface area contributed by atoms with Gasteiger partial charge in [-0.2, -0.15) is 0 Å². The van der Waals surface area contributed by atoms with Gasteiger partial charge in [0.15, 0.2) is 5.76 Å². The molecule has 0 aliphatic heterocycles. The number of thiazole rings is 1. The zero-order valence-electron chi connectivity index (χ0n) is 12.5. The van der Waals surface area contributed by atoms with Gasteiger partial charge in [-0.3, -0.25) is 9.59 Å². The molecule has 1 aromatic carbocycles. The standard InChI is InChI=1S/C17H10ClNO5S/c18-11-6-10(17(22)23)4-3-9(11)7-14-16(21)19-15(25-14)8-12(20)13-2-1-5-24-13/h1-8H,(H,19,21)(H,22,23)/b14-7-,15-8-. The molecule has 0 unspecified atom stereocenters. The number of aromatic amines is 1. The van der Waals surface area contributed by atoms with Gasteiger partial charge in [-0.05, 0) is 35.9 Å². The third kappa shape index (κ3) is 3.78. The van der Waals surface area contributed by atoms with Gasteiger partial charge in [-0.1, -0.05) is 17.7 Å². The predicted molar refractivity (Wildman–Crippen MR) is 93.7 cm³/mol. The number of halogens is 1. The molecule has 0 atom stereocenters. The van der Waals surface area contributed by atoms with E-state index in [4.69, 9.17) is 21.1 Å². The molecular formula is C17H10ClNO5S. The molecule has 2 heterocycles. The Morgan fingerprint density at radius 2 is 2.08 bits per heavy atom. The average molecular weight is 376 g/mol. The number of hydrogen-bond donors (Lipinski definition) is 2. The smallest absolute Gasteiger partial charge is 0.335 e. The third-order valence-electron chi connectivity index (χ3n) is 3.24. The Labute approximate surface area is 149 Å². The van der Waals surface area contributed by atoms with Gasteiger partial charge in [-0.25, -0.2) is 4.79 Å². The van der Waals surface area contributed by atoms with E-state index < -0.39 is 5.97 Å². The van der Waals surface area contributed by atoms with Gasteiger partial charge in [0, 0.05) is 11.1 Å². The number of furan rings is 1. The fraction of sp³-hybridized carbons (Fsp3) is 0. The number of benzene rings is 1. The number of carboxylic acid groups (broad SMARTS) is 1. The van der Waals surface area contributed by atoms with Crippen LogP contribution in [0.1, 0.15) is 26.5 Å². The Bertz CT molecular complexity index is 1120. The number of carbonyl (C=O) groups is 2. The van der Waals surface area contributed by atoms with Crippen LogP contribution in [-0.2, 0) is 0 Å². The summed E-state index contributed by atoms with van der Waals surface area (Å²) in [5.41, 5.74) is 0.185. The normalized spacial score (nSPS) is 12.5. The first-order valence-corrected chi connectivity index (χ1v) is 8.17. The summed E-state index contributed by atoms with van der Waals surface area (Å²) in [6, 6.07) is 7.35. The maximum absolute atomic E-state index is 12.0. The number of rotatable bonds is 4. The molecule has 0 amide bonds. The molecule has 25 heavy (non-hydrogen) atoms. The van der Waals surface area contributed by atoms with Gasteiger partial charge in [0.1, 0.15) is 0 Å². The number of carboxylic acids is 1. The van der Waals surface area contributed by atoms with E-state index in [1.54, 1.807) is 6.07 Å². The van der Waals surface area contributed by atoms with Crippen LogP contribution in [0.3, 0.4) is 0 Å². The van der Waals surface area contributed by atoms with Crippen LogP contribution in [0.15, 0.2) is 45.8 Å². The highest BCUT2D eigenvalue weighted by atomic mass is 35.5. The lowest BCUT2D eigenvalue weighted by molar-refractivity contribution is 0.0696. The Morgan fingerprint density at radius 1 is 1.28 bits per heavy atom. The van der Waals surface area contributed by atoms with E-state index in [0.29, 0.717) is 14.8 Å². The minimum absolute atomic E-state index is 0.0558. The highest BCUT2D eigenvalue weighted by Gasteiger charge is 2.07. The van der Waals surface area contributed by atoms with Gasteiger partial charge < -0.3 is 14.5 Å². The molecule has 2 N–H and O–H groups in total. The van der Waals surface area contributed by atoms with Gasteiger partial charge in [-0.15, -0.1) is 11.3 Å². The summed E-state index contributed by atoms with van der Waals surface area (Å²) in [4.78, 5) is 37.5. The molecule has 2 aromatic heterocycles. The van der Waals surface area contributed by atoms with Crippen LogP contribution in [0.5, 0.6) is 0 Å². The number of nitrogens with one attached hydrogen (secondary N) is 1. The number of hydrogen-bond acceptors (Lipinski definition) is 5. The molecule has 0 spiro atoms. The van der Waals surface area contributed by atoms with Gasteiger partial charge in [0.05, 0.1) is 21.0 Å². The number of aromatic carboxylic acids is 1. The lowest BCUT2D eigenvalue weighted by Crippen LogP contribution is -2.20. The maximum atomic E-state index is 12.0. The van der Waals surface area contributed by atoms with Gasteiger partial charge in [0.2, 0.25) is 5.78 Å². The third-order valence-corrected chi connectivity index (χ3v) is 4.53. The van der Waals surface area contributed by atoms with Gasteiger partial charge >= 0.3 is 5.97 Å². The van der Waals surface area contributed by atoms with Crippen molar-refractivity contribution in [2.75, 3.05) is 0 Å². The monoisotopic (exact) mass is 375 g/mol. The lowest BCUT2D eigenvalue weighted by atomic mass is 10.1. The minimum Gasteiger partial charge on any atom is -0.478 e. The van der Waals surface area contributed by atoms with Crippen LogP contribution >= 0.6 is 22.9 Å². The zero-order valence-corrected chi connectivity index (χ0v) is 14.1. The molecular weight excluding hydrogens is 366 g/mol. The molecule has 0 aliphatic rings. The average Bonchev–Trinajstić information content (AvgIpc) is 3.20. The highest BCUT2D eigenvalue weighted by Crippen LogP contribution is 2.18. The van der Waals surface area contributed by atoms with E-state index in [0.717, 1.165) is 11.3 Å². The van der Waals surface area contributed by atoms with Crippen molar-refractivity contribution in [2.24, 2.45) is 0 Å². The summed E-state index contributed by atoms with van der Waals surface area (Å²) in [6.07, 6.45) is 4.20. The van der Waals surface area contributed by atoms with E-state index in [-0.39, 0.29) is 27.7 Å². The molecule has 0 saturated heterocycles. The molecule has 3 rings (SSSR count). The molecule has 126 valence electrons. The topological polar surface area (TPSA) is 100 Å². The van der Waals surface area contributed by atoms with Crippen LogP contribution in [0.2, 0.25) is 5.02 Å². The molecule has 3 aromatic rings. The summed E-state index contributed by atoms with van der Waals surface area (Å²) in [6.45, 7) is 0. The summed E-state index contributed by atoms with van der Waals surface area (Å²) < 4.78 is 5.71. The largest absolute Gasteiger partial charge is 0.478 e. The Hall–Kier alpha value is -2.90. The Kier molecular flexibility index (Phi) is 4.69. The first kappa shape index (κ1) is 16.9. The summed E-state index contributed by atoms with van der Waals surface area (Å²) in [7, 11) is 0. The van der Waals surface area contributed by atoms with Crippen molar-refractivity contribution < 1.29 is 19.1 Å². The molecule has 0 bridgehead atoms. The molecule has 0 aliphatic carbocycles. The van der Waals surface area contributed by atoms with E-state index in [1.165, 1.54) is 42.7 Å². The number of carbonyl (C=O) groups excluding carboxylic acids is 1. The second-order valence-electron chi connectivity index (χ2n) is 4.96. The van der Waals surface area contributed by atoms with E-state index in [1.807, 2.05) is 0 Å². The molecule has 6 nitrogen and oxygen atoms in total. The van der Waals surface area contributed by atoms with Crippen molar-refractivity contribution in [3.63, 3.8) is 0 Å². The molecule has 0 fully saturated rings. The molecule has 8 heteroatoms.